The number of nitrogens with zero attached hydrogens (tertiary/aromatic N) is 9. The Morgan fingerprint density at radius 3 is 2.23 bits per heavy atom. The Labute approximate surface area is 306 Å². The summed E-state index contributed by atoms with van der Waals surface area (Å²) >= 11 is 5.97. The highest BCUT2D eigenvalue weighted by Gasteiger charge is 2.41. The lowest BCUT2D eigenvalue weighted by Crippen LogP contribution is -2.36. The fraction of sp³-hybridized carbons (Fsp3) is 0.323. The molecule has 1 atom stereocenters. The Morgan fingerprint density at radius 1 is 1.06 bits per heavy atom. The van der Waals surface area contributed by atoms with Crippen molar-refractivity contribution in [1.82, 2.24) is 44.7 Å². The van der Waals surface area contributed by atoms with E-state index in [1.165, 1.54) is 46.6 Å². The highest BCUT2D eigenvalue weighted by atomic mass is 35.5. The van der Waals surface area contributed by atoms with Crippen molar-refractivity contribution in [2.75, 3.05) is 24.4 Å². The number of amides is 4. The summed E-state index contributed by atoms with van der Waals surface area (Å²) in [6, 6.07) is 2.54. The Bertz CT molecular complexity index is 2240. The fourth-order valence-corrected chi connectivity index (χ4v) is 6.63. The van der Waals surface area contributed by atoms with Crippen molar-refractivity contribution in [2.45, 2.75) is 43.7 Å². The van der Waals surface area contributed by atoms with E-state index in [9.17, 15) is 27.2 Å². The summed E-state index contributed by atoms with van der Waals surface area (Å²) in [6.07, 6.45) is 8.72. The Hall–Kier alpha value is -6.14. The third-order valence-corrected chi connectivity index (χ3v) is 9.35. The van der Waals surface area contributed by atoms with Gasteiger partial charge in [-0.25, -0.2) is 18.8 Å². The monoisotopic (exact) mass is 771 g/mol. The number of anilines is 2. The van der Waals surface area contributed by atoms with Crippen LogP contribution >= 0.6 is 11.6 Å². The van der Waals surface area contributed by atoms with Crippen molar-refractivity contribution in [2.24, 2.45) is 14.1 Å². The summed E-state index contributed by atoms with van der Waals surface area (Å²) in [4.78, 5) is 47.2. The van der Waals surface area contributed by atoms with E-state index >= 15 is 0 Å². The second-order valence-electron chi connectivity index (χ2n) is 11.2. The Morgan fingerprint density at radius 2 is 1.68 bits per heavy atom. The molecular weight excluding hydrogens is 741 g/mol. The molecule has 0 fully saturated rings. The molecule has 0 saturated heterocycles. The molecule has 1 aromatic carbocycles. The zero-order valence-corrected chi connectivity index (χ0v) is 30.3. The van der Waals surface area contributed by atoms with Gasteiger partial charge in [-0.05, 0) is 43.9 Å². The smallest absolute Gasteiger partial charge is 0.335 e. The number of carbonyl (C=O) groups excluding carboxylic acids is 3. The van der Waals surface area contributed by atoms with Gasteiger partial charge in [0.15, 0.2) is 11.1 Å². The molecule has 0 spiro atoms. The van der Waals surface area contributed by atoms with Gasteiger partial charge < -0.3 is 14.2 Å². The SMILES string of the molecule is C#CC(C)Oc1cc(N2C(=O)C3=C(CCCC3)C2=O)c(F)cc1Cl.COc1cc(OC)nc(NC(=O)NS(=O)(=O)c2c(-c3nnn(C)n3)cnn2C)n1. The van der Waals surface area contributed by atoms with Crippen LogP contribution in [0.5, 0.6) is 17.5 Å². The zero-order chi connectivity index (χ0) is 38.6. The van der Waals surface area contributed by atoms with Gasteiger partial charge in [0.1, 0.15) is 11.6 Å². The Kier molecular flexibility index (Phi) is 11.2. The van der Waals surface area contributed by atoms with Gasteiger partial charge >= 0.3 is 6.03 Å². The van der Waals surface area contributed by atoms with E-state index in [0.717, 1.165) is 33.3 Å². The van der Waals surface area contributed by atoms with Crippen LogP contribution in [-0.2, 0) is 33.7 Å². The highest BCUT2D eigenvalue weighted by molar-refractivity contribution is 7.90. The molecular formula is C31H31ClFN11O8S. The van der Waals surface area contributed by atoms with Crippen LogP contribution in [0.3, 0.4) is 0 Å². The normalized spacial score (nSPS) is 14.5. The third kappa shape index (κ3) is 8.18. The number of hydrogen-bond acceptors (Lipinski definition) is 14. The minimum atomic E-state index is -4.36. The first kappa shape index (κ1) is 38.1. The van der Waals surface area contributed by atoms with Gasteiger partial charge in [0.25, 0.3) is 21.8 Å². The summed E-state index contributed by atoms with van der Waals surface area (Å²) in [5, 5.41) is 17.2. The van der Waals surface area contributed by atoms with E-state index < -0.39 is 39.8 Å². The molecule has 4 heterocycles. The van der Waals surface area contributed by atoms with Gasteiger partial charge in [0.05, 0.1) is 49.8 Å². The lowest BCUT2D eigenvalue weighted by atomic mass is 9.93. The van der Waals surface area contributed by atoms with Crippen molar-refractivity contribution in [3.05, 3.63) is 46.4 Å². The lowest BCUT2D eigenvalue weighted by Gasteiger charge is -2.19. The molecule has 6 rings (SSSR count). The molecule has 0 saturated carbocycles. The van der Waals surface area contributed by atoms with Crippen LogP contribution in [-0.4, -0.2) is 86.5 Å². The van der Waals surface area contributed by atoms with E-state index in [-0.39, 0.29) is 50.6 Å². The number of terminal acetylenes is 1. The number of aryl methyl sites for hydroxylation is 2. The van der Waals surface area contributed by atoms with E-state index in [0.29, 0.717) is 24.0 Å². The van der Waals surface area contributed by atoms with Crippen molar-refractivity contribution < 1.29 is 41.4 Å². The molecule has 278 valence electrons. The van der Waals surface area contributed by atoms with Crippen molar-refractivity contribution >= 4 is 51.1 Å². The number of carbonyl (C=O) groups is 3. The minimum absolute atomic E-state index is 0.0233. The number of methoxy groups -OCH3 is 2. The van der Waals surface area contributed by atoms with Gasteiger partial charge in [-0.2, -0.15) is 28.3 Å². The number of tetrazole rings is 1. The van der Waals surface area contributed by atoms with Gasteiger partial charge in [-0.15, -0.1) is 16.6 Å². The molecule has 0 bridgehead atoms. The van der Waals surface area contributed by atoms with E-state index in [1.54, 1.807) is 6.92 Å². The van der Waals surface area contributed by atoms with Crippen LogP contribution in [0, 0.1) is 18.2 Å². The van der Waals surface area contributed by atoms with Crippen molar-refractivity contribution in [1.29, 1.82) is 0 Å². The maximum Gasteiger partial charge on any atom is 0.335 e. The zero-order valence-electron chi connectivity index (χ0n) is 28.7. The standard InChI is InChI=1S/C18H15ClFNO3.C13H16N10O5S/c1-3-10(2)24-16-9-15(14(20)8-13(16)19)21-17(22)11-6-4-5-7-12(11)18(21)23;1-22-11(7(6-14-22)10-18-21-23(2)19-10)29(25,26)20-13(24)17-12-15-8(27-3)5-9(16-12)28-4/h1,8-10H,4-7H2,2H3;5-6H,1-4H3,(H2,15,16,17,20,24). The number of rotatable bonds is 9. The molecule has 2 aliphatic rings. The van der Waals surface area contributed by atoms with Crippen molar-refractivity contribution in [3.8, 4) is 41.2 Å². The number of halogens is 2. The summed E-state index contributed by atoms with van der Waals surface area (Å²) in [6.45, 7) is 1.63. The summed E-state index contributed by atoms with van der Waals surface area (Å²) in [5.41, 5.74) is 0.878. The average Bonchev–Trinajstić information content (AvgIpc) is 3.81. The van der Waals surface area contributed by atoms with Gasteiger partial charge in [-0.1, -0.05) is 17.5 Å². The molecule has 19 nitrogen and oxygen atoms in total. The summed E-state index contributed by atoms with van der Waals surface area (Å²) in [5.74, 6) is 0.828. The molecule has 4 amide bonds. The molecule has 53 heavy (non-hydrogen) atoms. The number of hydrogen-bond donors (Lipinski definition) is 2. The topological polar surface area (TPSA) is 228 Å². The van der Waals surface area contributed by atoms with Crippen LogP contribution in [0.25, 0.3) is 11.4 Å². The average molecular weight is 772 g/mol. The first-order chi connectivity index (χ1) is 25.2. The molecule has 1 aliphatic heterocycles. The molecule has 22 heteroatoms. The van der Waals surface area contributed by atoms with Crippen LogP contribution in [0.15, 0.2) is 40.6 Å². The predicted molar refractivity (Wildman–Crippen MR) is 184 cm³/mol. The van der Waals surface area contributed by atoms with E-state index in [2.05, 4.69) is 41.7 Å². The maximum atomic E-state index is 14.4. The number of sulfonamides is 1. The number of benzene rings is 1. The third-order valence-electron chi connectivity index (χ3n) is 7.61. The van der Waals surface area contributed by atoms with E-state index in [4.69, 9.17) is 32.2 Å². The highest BCUT2D eigenvalue weighted by Crippen LogP contribution is 2.39. The fourth-order valence-electron chi connectivity index (χ4n) is 5.22. The molecule has 3 aromatic heterocycles. The van der Waals surface area contributed by atoms with Gasteiger partial charge in [0.2, 0.25) is 23.5 Å². The molecule has 4 aromatic rings. The molecule has 0 radical (unpaired) electrons. The largest absolute Gasteiger partial charge is 0.481 e. The molecule has 2 N–H and O–H groups in total. The second-order valence-corrected chi connectivity index (χ2v) is 13.2. The first-order valence-corrected chi connectivity index (χ1v) is 17.3. The molecule has 1 aliphatic carbocycles. The lowest BCUT2D eigenvalue weighted by molar-refractivity contribution is -0.120. The van der Waals surface area contributed by atoms with Crippen LogP contribution in [0.4, 0.5) is 20.8 Å². The Balaban J connectivity index is 0.000000208. The van der Waals surface area contributed by atoms with Crippen molar-refractivity contribution in [3.63, 3.8) is 0 Å². The first-order valence-electron chi connectivity index (χ1n) is 15.5. The number of urea groups is 1. The summed E-state index contributed by atoms with van der Waals surface area (Å²) < 4.78 is 58.2. The summed E-state index contributed by atoms with van der Waals surface area (Å²) in [7, 11) is 1.27. The quantitative estimate of drug-likeness (QED) is 0.184. The van der Waals surface area contributed by atoms with Crippen LogP contribution in [0.2, 0.25) is 5.02 Å². The predicted octanol–water partition coefficient (Wildman–Crippen LogP) is 2.55. The minimum Gasteiger partial charge on any atom is -0.481 e. The van der Waals surface area contributed by atoms with Gasteiger partial charge in [0, 0.05) is 24.3 Å². The van der Waals surface area contributed by atoms with Crippen LogP contribution in [0.1, 0.15) is 32.6 Å². The number of nitrogens with one attached hydrogen (secondary N) is 2. The van der Waals surface area contributed by atoms with Gasteiger partial charge in [-0.3, -0.25) is 19.6 Å². The molecule has 1 unspecified atom stereocenters. The number of aromatic nitrogens is 8. The maximum absolute atomic E-state index is 14.4. The van der Waals surface area contributed by atoms with E-state index in [1.807, 2.05) is 4.72 Å². The number of imide groups is 1. The number of ether oxygens (including phenoxy) is 3. The van der Waals surface area contributed by atoms with Crippen LogP contribution < -0.4 is 29.1 Å². The second kappa shape index (κ2) is 15.6.